The molecule has 9 nitrogen and oxygen atoms in total. The van der Waals surface area contributed by atoms with Crippen LogP contribution in [0.2, 0.25) is 5.02 Å². The van der Waals surface area contributed by atoms with Crippen LogP contribution in [-0.2, 0) is 14.3 Å². The molecule has 2 aliphatic heterocycles. The maximum absolute atomic E-state index is 14.7. The van der Waals surface area contributed by atoms with Gasteiger partial charge in [-0.05, 0) is 48.9 Å². The monoisotopic (exact) mass is 476 g/mol. The molecule has 2 saturated heterocycles. The molecule has 3 N–H and O–H groups in total. The van der Waals surface area contributed by atoms with Crippen molar-refractivity contribution < 1.29 is 28.6 Å². The summed E-state index contributed by atoms with van der Waals surface area (Å²) in [5.74, 6) is -1.69. The highest BCUT2D eigenvalue weighted by Gasteiger charge is 2.41. The van der Waals surface area contributed by atoms with E-state index in [1.807, 2.05) is 0 Å². The summed E-state index contributed by atoms with van der Waals surface area (Å²) >= 11 is 5.85. The lowest BCUT2D eigenvalue weighted by Crippen LogP contribution is -2.49. The number of anilines is 3. The number of likely N-dealkylation sites (tertiary alicyclic amines) is 1. The first-order valence-electron chi connectivity index (χ1n) is 10.3. The van der Waals surface area contributed by atoms with Gasteiger partial charge in [0.2, 0.25) is 5.91 Å². The van der Waals surface area contributed by atoms with Crippen molar-refractivity contribution in [1.82, 2.24) is 4.90 Å². The van der Waals surface area contributed by atoms with Crippen LogP contribution in [0.5, 0.6) is 0 Å². The summed E-state index contributed by atoms with van der Waals surface area (Å²) < 4.78 is 19.7. The third-order valence-electron chi connectivity index (χ3n) is 5.48. The summed E-state index contributed by atoms with van der Waals surface area (Å²) in [6.45, 7) is 0.584. The van der Waals surface area contributed by atoms with E-state index < -0.39 is 29.9 Å². The molecule has 2 aliphatic rings. The van der Waals surface area contributed by atoms with E-state index in [-0.39, 0.29) is 43.4 Å². The predicted octanol–water partition coefficient (Wildman–Crippen LogP) is 2.45. The highest BCUT2D eigenvalue weighted by atomic mass is 35.5. The van der Waals surface area contributed by atoms with Crippen molar-refractivity contribution in [2.24, 2.45) is 0 Å². The number of hydrogen-bond acceptors (Lipinski definition) is 5. The third kappa shape index (κ3) is 5.08. The van der Waals surface area contributed by atoms with E-state index in [2.05, 4.69) is 10.6 Å². The number of benzene rings is 2. The average molecular weight is 477 g/mol. The fourth-order valence-corrected chi connectivity index (χ4v) is 3.97. The third-order valence-corrected chi connectivity index (χ3v) is 5.73. The summed E-state index contributed by atoms with van der Waals surface area (Å²) in [6, 6.07) is 8.70. The summed E-state index contributed by atoms with van der Waals surface area (Å²) in [4.78, 5) is 40.0. The van der Waals surface area contributed by atoms with E-state index in [9.17, 15) is 23.9 Å². The summed E-state index contributed by atoms with van der Waals surface area (Å²) in [5, 5.41) is 16.1. The molecule has 2 heterocycles. The second-order valence-corrected chi connectivity index (χ2v) is 8.12. The average Bonchev–Trinajstić information content (AvgIpc) is 3.18. The van der Waals surface area contributed by atoms with Crippen LogP contribution in [-0.4, -0.2) is 66.3 Å². The fourth-order valence-electron chi connectivity index (χ4n) is 3.84. The molecule has 4 rings (SSSR count). The first kappa shape index (κ1) is 23.0. The van der Waals surface area contributed by atoms with Crippen molar-refractivity contribution in [1.29, 1.82) is 0 Å². The standard InChI is InChI=1S/C22H22ClFN4O5/c23-13-1-3-14(4-2-13)26-22(32)28-8-7-18(29)20(28)21(31)25-15-5-6-17(16(24)11-15)27-9-10-33-12-19(27)30/h1-6,11,18,20,29H,7-10,12H2,(H,25,31)(H,26,32)/t18-,20+/m0/s1. The lowest BCUT2D eigenvalue weighted by atomic mass is 10.1. The van der Waals surface area contributed by atoms with Crippen LogP contribution in [0.3, 0.4) is 0 Å². The van der Waals surface area contributed by atoms with Crippen LogP contribution in [0.1, 0.15) is 6.42 Å². The van der Waals surface area contributed by atoms with E-state index in [1.165, 1.54) is 21.9 Å². The molecule has 0 spiro atoms. The largest absolute Gasteiger partial charge is 0.390 e. The van der Waals surface area contributed by atoms with Gasteiger partial charge in [0.1, 0.15) is 18.5 Å². The number of carbonyl (C=O) groups is 3. The molecule has 0 radical (unpaired) electrons. The van der Waals surface area contributed by atoms with Gasteiger partial charge in [0.15, 0.2) is 0 Å². The Kier molecular flexibility index (Phi) is 6.77. The lowest BCUT2D eigenvalue weighted by Gasteiger charge is -2.28. The number of nitrogens with zero attached hydrogens (tertiary/aromatic N) is 2. The van der Waals surface area contributed by atoms with Crippen molar-refractivity contribution >= 4 is 46.5 Å². The van der Waals surface area contributed by atoms with Gasteiger partial charge in [-0.2, -0.15) is 0 Å². The van der Waals surface area contributed by atoms with Gasteiger partial charge in [-0.3, -0.25) is 9.59 Å². The number of aliphatic hydroxyl groups is 1. The zero-order chi connectivity index (χ0) is 23.5. The van der Waals surface area contributed by atoms with E-state index >= 15 is 0 Å². The second kappa shape index (κ2) is 9.74. The highest BCUT2D eigenvalue weighted by molar-refractivity contribution is 6.30. The number of morpholine rings is 1. The van der Waals surface area contributed by atoms with E-state index in [0.29, 0.717) is 17.3 Å². The van der Waals surface area contributed by atoms with Crippen molar-refractivity contribution in [3.8, 4) is 0 Å². The van der Waals surface area contributed by atoms with Crippen molar-refractivity contribution in [2.75, 3.05) is 41.8 Å². The summed E-state index contributed by atoms with van der Waals surface area (Å²) in [6.07, 6.45) is -0.852. The van der Waals surface area contributed by atoms with Crippen LogP contribution in [0, 0.1) is 5.82 Å². The normalized spacial score (nSPS) is 20.6. The predicted molar refractivity (Wildman–Crippen MR) is 120 cm³/mol. The van der Waals surface area contributed by atoms with Crippen LogP contribution in [0.4, 0.5) is 26.2 Å². The first-order valence-corrected chi connectivity index (χ1v) is 10.7. The number of halogens is 2. The highest BCUT2D eigenvalue weighted by Crippen LogP contribution is 2.26. The first-order chi connectivity index (χ1) is 15.8. The number of carbonyl (C=O) groups excluding carboxylic acids is 3. The Labute approximate surface area is 194 Å². The second-order valence-electron chi connectivity index (χ2n) is 7.68. The van der Waals surface area contributed by atoms with Crippen LogP contribution in [0.15, 0.2) is 42.5 Å². The van der Waals surface area contributed by atoms with Gasteiger partial charge in [0.05, 0.1) is 18.4 Å². The molecule has 4 amide bonds. The number of amides is 4. The molecule has 0 saturated carbocycles. The smallest absolute Gasteiger partial charge is 0.322 e. The lowest BCUT2D eigenvalue weighted by molar-refractivity contribution is -0.125. The SMILES string of the molecule is O=C(Nc1ccc(N2CCOCC2=O)c(F)c1)[C@H]1[C@@H](O)CCN1C(=O)Nc1ccc(Cl)cc1. The summed E-state index contributed by atoms with van der Waals surface area (Å²) in [5.41, 5.74) is 0.713. The minimum absolute atomic E-state index is 0.0890. The molecular formula is C22H22ClFN4O5. The van der Waals surface area contributed by atoms with Crippen LogP contribution >= 0.6 is 11.6 Å². The zero-order valence-corrected chi connectivity index (χ0v) is 18.2. The van der Waals surface area contributed by atoms with Gasteiger partial charge < -0.3 is 30.3 Å². The van der Waals surface area contributed by atoms with Gasteiger partial charge in [-0.25, -0.2) is 9.18 Å². The van der Waals surface area contributed by atoms with Crippen LogP contribution < -0.4 is 15.5 Å². The quantitative estimate of drug-likeness (QED) is 0.627. The Morgan fingerprint density at radius 3 is 2.52 bits per heavy atom. The molecule has 11 heteroatoms. The van der Waals surface area contributed by atoms with E-state index in [0.717, 1.165) is 6.07 Å². The molecule has 0 aromatic heterocycles. The minimum Gasteiger partial charge on any atom is -0.390 e. The van der Waals surface area contributed by atoms with Crippen LogP contribution in [0.25, 0.3) is 0 Å². The number of hydrogen-bond donors (Lipinski definition) is 3. The van der Waals surface area contributed by atoms with Gasteiger partial charge in [-0.1, -0.05) is 11.6 Å². The molecule has 0 aliphatic carbocycles. The molecule has 2 fully saturated rings. The van der Waals surface area contributed by atoms with E-state index in [1.54, 1.807) is 24.3 Å². The molecule has 0 unspecified atom stereocenters. The zero-order valence-electron chi connectivity index (χ0n) is 17.5. The van der Waals surface area contributed by atoms with Gasteiger partial charge in [0.25, 0.3) is 5.91 Å². The van der Waals surface area contributed by atoms with E-state index in [4.69, 9.17) is 16.3 Å². The molecule has 0 bridgehead atoms. The van der Waals surface area contributed by atoms with Gasteiger partial charge >= 0.3 is 6.03 Å². The molecule has 2 aromatic rings. The Bertz CT molecular complexity index is 1070. The Morgan fingerprint density at radius 2 is 1.82 bits per heavy atom. The topological polar surface area (TPSA) is 111 Å². The molecule has 2 aromatic carbocycles. The van der Waals surface area contributed by atoms with Gasteiger partial charge in [-0.15, -0.1) is 0 Å². The maximum atomic E-state index is 14.7. The Balaban J connectivity index is 1.44. The number of urea groups is 1. The Hall–Kier alpha value is -3.21. The molecule has 174 valence electrons. The Morgan fingerprint density at radius 1 is 1.09 bits per heavy atom. The summed E-state index contributed by atoms with van der Waals surface area (Å²) in [7, 11) is 0. The number of nitrogens with one attached hydrogen (secondary N) is 2. The maximum Gasteiger partial charge on any atom is 0.322 e. The fraction of sp³-hybridized carbons (Fsp3) is 0.318. The van der Waals surface area contributed by atoms with Crippen molar-refractivity contribution in [3.63, 3.8) is 0 Å². The number of rotatable bonds is 4. The number of aliphatic hydroxyl groups excluding tert-OH is 1. The number of ether oxygens (including phenoxy) is 1. The van der Waals surface area contributed by atoms with Gasteiger partial charge in [0, 0.05) is 29.5 Å². The van der Waals surface area contributed by atoms with Crippen molar-refractivity contribution in [3.05, 3.63) is 53.3 Å². The molecular weight excluding hydrogens is 455 g/mol. The molecule has 2 atom stereocenters. The molecule has 33 heavy (non-hydrogen) atoms. The van der Waals surface area contributed by atoms with Crippen molar-refractivity contribution in [2.45, 2.75) is 18.6 Å². The minimum atomic E-state index is -1.15.